The van der Waals surface area contributed by atoms with Gasteiger partial charge in [-0.1, -0.05) is 18.5 Å². The Kier molecular flexibility index (Phi) is 5.44. The monoisotopic (exact) mass is 379 g/mol. The number of likely N-dealkylation sites (tertiary alicyclic amines) is 1. The number of nitrogens with zero attached hydrogens (tertiary/aromatic N) is 2. The molecule has 26 heavy (non-hydrogen) atoms. The number of rotatable bonds is 2. The van der Waals surface area contributed by atoms with Gasteiger partial charge < -0.3 is 19.9 Å². The van der Waals surface area contributed by atoms with E-state index < -0.39 is 0 Å². The molecule has 3 atom stereocenters. The van der Waals surface area contributed by atoms with Crippen LogP contribution in [0, 0.1) is 5.92 Å². The van der Waals surface area contributed by atoms with Crippen LogP contribution in [0.5, 0.6) is 0 Å². The summed E-state index contributed by atoms with van der Waals surface area (Å²) in [6, 6.07) is 6.95. The highest BCUT2D eigenvalue weighted by Crippen LogP contribution is 2.42. The van der Waals surface area contributed by atoms with Gasteiger partial charge in [0.25, 0.3) is 5.91 Å². The highest BCUT2D eigenvalue weighted by Gasteiger charge is 2.49. The molecule has 0 aliphatic carbocycles. The van der Waals surface area contributed by atoms with E-state index in [1.165, 1.54) is 0 Å². The molecule has 2 heterocycles. The lowest BCUT2D eigenvalue weighted by molar-refractivity contribution is -0.153. The van der Waals surface area contributed by atoms with Crippen molar-refractivity contribution in [1.82, 2.24) is 9.80 Å². The highest BCUT2D eigenvalue weighted by atomic mass is 35.5. The molecule has 1 N–H and O–H groups in total. The van der Waals surface area contributed by atoms with Crippen molar-refractivity contribution in [3.63, 3.8) is 0 Å². The number of ether oxygens (including phenoxy) is 1. The lowest BCUT2D eigenvalue weighted by Crippen LogP contribution is -2.53. The van der Waals surface area contributed by atoms with E-state index in [0.29, 0.717) is 18.1 Å². The molecule has 7 heteroatoms. The van der Waals surface area contributed by atoms with E-state index in [1.807, 2.05) is 4.90 Å². The van der Waals surface area contributed by atoms with Crippen LogP contribution < -0.4 is 5.32 Å². The number of hydrogen-bond donors (Lipinski definition) is 1. The second kappa shape index (κ2) is 7.45. The van der Waals surface area contributed by atoms with E-state index in [9.17, 15) is 9.59 Å². The topological polar surface area (TPSA) is 61.9 Å². The lowest BCUT2D eigenvalue weighted by Gasteiger charge is -2.44. The summed E-state index contributed by atoms with van der Waals surface area (Å²) in [4.78, 5) is 28.1. The first-order valence-electron chi connectivity index (χ1n) is 9.01. The maximum atomic E-state index is 12.5. The number of halogens is 1. The standard InChI is InChI=1S/C19H26ClN3O3/c1-13-12-23(18(25)21-15-6-4-14(20)5-7-15)11-10-19(13)9-8-16(26-19)17(24)22(2)3/h4-7,13,16H,8-12H2,1-3H3,(H,21,25)/t13-,16+,19+/m1/s1. The molecule has 3 amide bonds. The van der Waals surface area contributed by atoms with Gasteiger partial charge in [-0.2, -0.15) is 0 Å². The summed E-state index contributed by atoms with van der Waals surface area (Å²) < 4.78 is 6.22. The summed E-state index contributed by atoms with van der Waals surface area (Å²) in [5.41, 5.74) is 0.425. The molecule has 6 nitrogen and oxygen atoms in total. The third-order valence-corrected chi connectivity index (χ3v) is 5.75. The van der Waals surface area contributed by atoms with Crippen LogP contribution in [-0.4, -0.2) is 60.6 Å². The Balaban J connectivity index is 1.59. The number of benzene rings is 1. The lowest BCUT2D eigenvalue weighted by atomic mass is 9.80. The number of piperidine rings is 1. The van der Waals surface area contributed by atoms with Crippen molar-refractivity contribution in [2.24, 2.45) is 5.92 Å². The molecule has 1 aromatic rings. The number of carbonyl (C=O) groups is 2. The van der Waals surface area contributed by atoms with Crippen LogP contribution in [0.15, 0.2) is 24.3 Å². The first-order valence-corrected chi connectivity index (χ1v) is 9.39. The van der Waals surface area contributed by atoms with Crippen molar-refractivity contribution in [1.29, 1.82) is 0 Å². The van der Waals surface area contributed by atoms with Gasteiger partial charge >= 0.3 is 6.03 Å². The average molecular weight is 380 g/mol. The predicted molar refractivity (Wildman–Crippen MR) is 101 cm³/mol. The molecule has 0 unspecified atom stereocenters. The zero-order chi connectivity index (χ0) is 18.9. The van der Waals surface area contributed by atoms with Gasteiger partial charge in [0.2, 0.25) is 0 Å². The number of likely N-dealkylation sites (N-methyl/N-ethyl adjacent to an activating group) is 1. The van der Waals surface area contributed by atoms with Crippen LogP contribution in [0.4, 0.5) is 10.5 Å². The van der Waals surface area contributed by atoms with Gasteiger partial charge in [-0.25, -0.2) is 4.79 Å². The van der Waals surface area contributed by atoms with Crippen LogP contribution >= 0.6 is 11.6 Å². The fourth-order valence-corrected chi connectivity index (χ4v) is 3.99. The molecule has 0 radical (unpaired) electrons. The number of amides is 3. The molecule has 0 bridgehead atoms. The molecular formula is C19H26ClN3O3. The molecule has 2 saturated heterocycles. The zero-order valence-corrected chi connectivity index (χ0v) is 16.3. The van der Waals surface area contributed by atoms with Gasteiger partial charge in [0.15, 0.2) is 0 Å². The summed E-state index contributed by atoms with van der Waals surface area (Å²) >= 11 is 5.87. The number of nitrogens with one attached hydrogen (secondary N) is 1. The van der Waals surface area contributed by atoms with Crippen LogP contribution in [0.25, 0.3) is 0 Å². The zero-order valence-electron chi connectivity index (χ0n) is 15.5. The summed E-state index contributed by atoms with van der Waals surface area (Å²) in [7, 11) is 3.51. The first-order chi connectivity index (χ1) is 12.3. The van der Waals surface area contributed by atoms with Gasteiger partial charge in [-0.3, -0.25) is 4.79 Å². The largest absolute Gasteiger partial charge is 0.362 e. The minimum Gasteiger partial charge on any atom is -0.362 e. The second-order valence-corrected chi connectivity index (χ2v) is 7.91. The molecule has 3 rings (SSSR count). The Morgan fingerprint density at radius 1 is 1.27 bits per heavy atom. The van der Waals surface area contributed by atoms with Gasteiger partial charge in [-0.05, 0) is 43.5 Å². The summed E-state index contributed by atoms with van der Waals surface area (Å²) in [5.74, 6) is 0.198. The van der Waals surface area contributed by atoms with Crippen LogP contribution in [0.3, 0.4) is 0 Å². The van der Waals surface area contributed by atoms with Gasteiger partial charge in [0, 0.05) is 43.8 Å². The minimum atomic E-state index is -0.359. The van der Waals surface area contributed by atoms with Gasteiger partial charge in [0.05, 0.1) is 5.60 Å². The fourth-order valence-electron chi connectivity index (χ4n) is 3.86. The average Bonchev–Trinajstić information content (AvgIpc) is 3.04. The van der Waals surface area contributed by atoms with E-state index >= 15 is 0 Å². The third-order valence-electron chi connectivity index (χ3n) is 5.50. The van der Waals surface area contributed by atoms with Crippen molar-refractivity contribution in [3.8, 4) is 0 Å². The number of anilines is 1. The molecule has 2 fully saturated rings. The van der Waals surface area contributed by atoms with Crippen molar-refractivity contribution in [2.75, 3.05) is 32.5 Å². The maximum absolute atomic E-state index is 12.5. The minimum absolute atomic E-state index is 0.0250. The molecule has 0 aromatic heterocycles. The summed E-state index contributed by atoms with van der Waals surface area (Å²) in [6.45, 7) is 3.33. The molecule has 0 saturated carbocycles. The van der Waals surface area contributed by atoms with E-state index in [0.717, 1.165) is 24.9 Å². The molecule has 142 valence electrons. The van der Waals surface area contributed by atoms with Gasteiger partial charge in [-0.15, -0.1) is 0 Å². The van der Waals surface area contributed by atoms with Crippen molar-refractivity contribution >= 4 is 29.2 Å². The van der Waals surface area contributed by atoms with E-state index in [1.54, 1.807) is 43.3 Å². The van der Waals surface area contributed by atoms with E-state index in [4.69, 9.17) is 16.3 Å². The Morgan fingerprint density at radius 2 is 1.96 bits per heavy atom. The fraction of sp³-hybridized carbons (Fsp3) is 0.579. The molecule has 1 spiro atoms. The third kappa shape index (κ3) is 3.81. The first kappa shape index (κ1) is 19.0. The molecule has 2 aliphatic heterocycles. The number of carbonyl (C=O) groups excluding carboxylic acids is 2. The number of hydrogen-bond acceptors (Lipinski definition) is 3. The predicted octanol–water partition coefficient (Wildman–Crippen LogP) is 3.22. The van der Waals surface area contributed by atoms with Crippen molar-refractivity contribution in [2.45, 2.75) is 37.9 Å². The number of urea groups is 1. The van der Waals surface area contributed by atoms with Crippen molar-refractivity contribution in [3.05, 3.63) is 29.3 Å². The molecular weight excluding hydrogens is 354 g/mol. The summed E-state index contributed by atoms with van der Waals surface area (Å²) in [6.07, 6.45) is 2.00. The Hall–Kier alpha value is -1.79. The SMILES string of the molecule is C[C@@H]1CN(C(=O)Nc2ccc(Cl)cc2)CC[C@@]12CC[C@@H](C(=O)N(C)C)O2. The maximum Gasteiger partial charge on any atom is 0.321 e. The van der Waals surface area contributed by atoms with E-state index in [2.05, 4.69) is 12.2 Å². The Bertz CT molecular complexity index is 679. The van der Waals surface area contributed by atoms with Gasteiger partial charge in [0.1, 0.15) is 6.10 Å². The summed E-state index contributed by atoms with van der Waals surface area (Å²) in [5, 5.41) is 3.54. The smallest absolute Gasteiger partial charge is 0.321 e. The van der Waals surface area contributed by atoms with Crippen LogP contribution in [0.1, 0.15) is 26.2 Å². The second-order valence-electron chi connectivity index (χ2n) is 7.48. The van der Waals surface area contributed by atoms with Crippen LogP contribution in [0.2, 0.25) is 5.02 Å². The molecule has 1 aromatic carbocycles. The Morgan fingerprint density at radius 3 is 2.58 bits per heavy atom. The van der Waals surface area contributed by atoms with E-state index in [-0.39, 0.29) is 29.6 Å². The van der Waals surface area contributed by atoms with Crippen LogP contribution in [-0.2, 0) is 9.53 Å². The molecule has 2 aliphatic rings. The normalized spacial score (nSPS) is 28.2. The van der Waals surface area contributed by atoms with Crippen molar-refractivity contribution < 1.29 is 14.3 Å². The highest BCUT2D eigenvalue weighted by molar-refractivity contribution is 6.30. The quantitative estimate of drug-likeness (QED) is 0.858. The Labute approximate surface area is 159 Å².